The van der Waals surface area contributed by atoms with Crippen LogP contribution in [-0.4, -0.2) is 29.9 Å². The number of rotatable bonds is 4. The van der Waals surface area contributed by atoms with Crippen molar-refractivity contribution < 1.29 is 4.79 Å². The quantitative estimate of drug-likeness (QED) is 0.835. The molecular formula is C15H28N2O. The summed E-state index contributed by atoms with van der Waals surface area (Å²) in [7, 11) is 0. The molecule has 1 aliphatic carbocycles. The summed E-state index contributed by atoms with van der Waals surface area (Å²) in [4.78, 5) is 14.8. The second-order valence-electron chi connectivity index (χ2n) is 6.12. The molecule has 2 N–H and O–H groups in total. The summed E-state index contributed by atoms with van der Waals surface area (Å²) in [6, 6.07) is 0.556. The molecule has 1 aliphatic heterocycles. The van der Waals surface area contributed by atoms with Gasteiger partial charge in [0.15, 0.2) is 0 Å². The summed E-state index contributed by atoms with van der Waals surface area (Å²) in [6.07, 6.45) is 9.71. The highest BCUT2D eigenvalue weighted by Crippen LogP contribution is 2.36. The first-order valence-corrected chi connectivity index (χ1v) is 7.74. The molecule has 0 bridgehead atoms. The Morgan fingerprint density at radius 3 is 2.78 bits per heavy atom. The number of hydrogen-bond donors (Lipinski definition) is 1. The largest absolute Gasteiger partial charge is 0.339 e. The van der Waals surface area contributed by atoms with Crippen molar-refractivity contribution in [2.45, 2.75) is 64.3 Å². The van der Waals surface area contributed by atoms with Crippen LogP contribution >= 0.6 is 0 Å². The molecule has 3 nitrogen and oxygen atoms in total. The molecular weight excluding hydrogens is 224 g/mol. The summed E-state index contributed by atoms with van der Waals surface area (Å²) in [5.41, 5.74) is 5.54. The van der Waals surface area contributed by atoms with Crippen molar-refractivity contribution in [1.82, 2.24) is 4.90 Å². The van der Waals surface area contributed by atoms with Gasteiger partial charge in [0.1, 0.15) is 0 Å². The SMILES string of the molecule is CC(CCCN)C(=O)N1CCCC2CCCCC21. The minimum atomic E-state index is 0.161. The Morgan fingerprint density at radius 2 is 2.00 bits per heavy atom. The lowest BCUT2D eigenvalue weighted by Gasteiger charge is -2.45. The van der Waals surface area contributed by atoms with E-state index in [4.69, 9.17) is 5.73 Å². The second-order valence-corrected chi connectivity index (χ2v) is 6.12. The molecule has 0 aromatic rings. The Morgan fingerprint density at radius 1 is 1.28 bits per heavy atom. The minimum absolute atomic E-state index is 0.161. The summed E-state index contributed by atoms with van der Waals surface area (Å²) in [5.74, 6) is 1.34. The Labute approximate surface area is 111 Å². The summed E-state index contributed by atoms with van der Waals surface area (Å²) >= 11 is 0. The van der Waals surface area contributed by atoms with Gasteiger partial charge in [-0.25, -0.2) is 0 Å². The number of fused-ring (bicyclic) bond motifs is 1. The van der Waals surface area contributed by atoms with Gasteiger partial charge in [0.2, 0.25) is 5.91 Å². The predicted molar refractivity (Wildman–Crippen MR) is 74.1 cm³/mol. The number of hydrogen-bond acceptors (Lipinski definition) is 2. The van der Waals surface area contributed by atoms with Crippen molar-refractivity contribution in [2.75, 3.05) is 13.1 Å². The van der Waals surface area contributed by atoms with E-state index in [0.29, 0.717) is 18.5 Å². The summed E-state index contributed by atoms with van der Waals surface area (Å²) in [6.45, 7) is 3.76. The predicted octanol–water partition coefficient (Wildman–Crippen LogP) is 2.54. The van der Waals surface area contributed by atoms with E-state index in [1.54, 1.807) is 0 Å². The third kappa shape index (κ3) is 3.05. The van der Waals surface area contributed by atoms with Gasteiger partial charge in [-0.05, 0) is 51.0 Å². The van der Waals surface area contributed by atoms with Crippen molar-refractivity contribution >= 4 is 5.91 Å². The first-order chi connectivity index (χ1) is 8.74. The van der Waals surface area contributed by atoms with Gasteiger partial charge in [0, 0.05) is 18.5 Å². The highest BCUT2D eigenvalue weighted by atomic mass is 16.2. The fraction of sp³-hybridized carbons (Fsp3) is 0.933. The molecule has 3 atom stereocenters. The Hall–Kier alpha value is -0.570. The monoisotopic (exact) mass is 252 g/mol. The van der Waals surface area contributed by atoms with E-state index in [-0.39, 0.29) is 5.92 Å². The van der Waals surface area contributed by atoms with Gasteiger partial charge < -0.3 is 10.6 Å². The molecule has 1 saturated carbocycles. The average molecular weight is 252 g/mol. The molecule has 2 rings (SSSR count). The van der Waals surface area contributed by atoms with Gasteiger partial charge in [0.05, 0.1) is 0 Å². The van der Waals surface area contributed by atoms with Gasteiger partial charge in [-0.1, -0.05) is 19.8 Å². The molecule has 1 amide bonds. The fourth-order valence-electron chi connectivity index (χ4n) is 3.73. The van der Waals surface area contributed by atoms with E-state index >= 15 is 0 Å². The van der Waals surface area contributed by atoms with Crippen molar-refractivity contribution in [3.63, 3.8) is 0 Å². The molecule has 0 spiro atoms. The fourth-order valence-corrected chi connectivity index (χ4v) is 3.73. The van der Waals surface area contributed by atoms with E-state index in [1.807, 2.05) is 0 Å². The third-order valence-electron chi connectivity index (χ3n) is 4.79. The number of amides is 1. The van der Waals surface area contributed by atoms with Crippen LogP contribution in [0.5, 0.6) is 0 Å². The maximum atomic E-state index is 12.5. The third-order valence-corrected chi connectivity index (χ3v) is 4.79. The molecule has 0 radical (unpaired) electrons. The molecule has 3 heteroatoms. The van der Waals surface area contributed by atoms with Gasteiger partial charge in [-0.15, -0.1) is 0 Å². The smallest absolute Gasteiger partial charge is 0.225 e. The average Bonchev–Trinajstić information content (AvgIpc) is 2.43. The second kappa shape index (κ2) is 6.55. The van der Waals surface area contributed by atoms with E-state index < -0.39 is 0 Å². The van der Waals surface area contributed by atoms with Gasteiger partial charge in [0.25, 0.3) is 0 Å². The molecule has 18 heavy (non-hydrogen) atoms. The molecule has 2 aliphatic rings. The normalized spacial score (nSPS) is 29.8. The van der Waals surface area contributed by atoms with E-state index in [1.165, 1.54) is 38.5 Å². The number of nitrogens with two attached hydrogens (primary N) is 1. The molecule has 3 unspecified atom stereocenters. The number of piperidine rings is 1. The molecule has 1 heterocycles. The maximum absolute atomic E-state index is 12.5. The molecule has 104 valence electrons. The lowest BCUT2D eigenvalue weighted by Crippen LogP contribution is -2.51. The minimum Gasteiger partial charge on any atom is -0.339 e. The van der Waals surface area contributed by atoms with Gasteiger partial charge in [-0.3, -0.25) is 4.79 Å². The zero-order valence-electron chi connectivity index (χ0n) is 11.7. The first-order valence-electron chi connectivity index (χ1n) is 7.74. The summed E-state index contributed by atoms with van der Waals surface area (Å²) < 4.78 is 0. The molecule has 2 fully saturated rings. The van der Waals surface area contributed by atoms with Crippen LogP contribution in [0.4, 0.5) is 0 Å². The van der Waals surface area contributed by atoms with Crippen LogP contribution in [0, 0.1) is 11.8 Å². The molecule has 0 aromatic carbocycles. The van der Waals surface area contributed by atoms with Crippen LogP contribution in [0.1, 0.15) is 58.3 Å². The first kappa shape index (κ1) is 13.9. The van der Waals surface area contributed by atoms with Crippen LogP contribution in [0.2, 0.25) is 0 Å². The van der Waals surface area contributed by atoms with E-state index in [2.05, 4.69) is 11.8 Å². The van der Waals surface area contributed by atoms with Gasteiger partial charge >= 0.3 is 0 Å². The van der Waals surface area contributed by atoms with Crippen LogP contribution in [-0.2, 0) is 4.79 Å². The molecule has 0 aromatic heterocycles. The van der Waals surface area contributed by atoms with E-state index in [0.717, 1.165) is 25.3 Å². The lowest BCUT2D eigenvalue weighted by molar-refractivity contribution is -0.141. The maximum Gasteiger partial charge on any atom is 0.225 e. The van der Waals surface area contributed by atoms with Crippen LogP contribution in [0.3, 0.4) is 0 Å². The van der Waals surface area contributed by atoms with Crippen LogP contribution < -0.4 is 5.73 Å². The lowest BCUT2D eigenvalue weighted by atomic mass is 9.78. The molecule has 1 saturated heterocycles. The van der Waals surface area contributed by atoms with Crippen molar-refractivity contribution in [2.24, 2.45) is 17.6 Å². The Bertz CT molecular complexity index is 278. The number of carbonyl (C=O) groups excluding carboxylic acids is 1. The standard InChI is InChI=1S/C15H28N2O/c1-12(6-4-10-16)15(18)17-11-5-8-13-7-2-3-9-14(13)17/h12-14H,2-11,16H2,1H3. The highest BCUT2D eigenvalue weighted by molar-refractivity contribution is 5.79. The van der Waals surface area contributed by atoms with Crippen LogP contribution in [0.15, 0.2) is 0 Å². The number of likely N-dealkylation sites (tertiary alicyclic amines) is 1. The Balaban J connectivity index is 1.95. The zero-order valence-corrected chi connectivity index (χ0v) is 11.7. The Kier molecular flexibility index (Phi) is 5.04. The van der Waals surface area contributed by atoms with Crippen molar-refractivity contribution in [3.8, 4) is 0 Å². The summed E-state index contributed by atoms with van der Waals surface area (Å²) in [5, 5.41) is 0. The number of carbonyl (C=O) groups is 1. The topological polar surface area (TPSA) is 46.3 Å². The van der Waals surface area contributed by atoms with Gasteiger partial charge in [-0.2, -0.15) is 0 Å². The zero-order chi connectivity index (χ0) is 13.0. The number of nitrogens with zero attached hydrogens (tertiary/aromatic N) is 1. The van der Waals surface area contributed by atoms with Crippen molar-refractivity contribution in [3.05, 3.63) is 0 Å². The van der Waals surface area contributed by atoms with E-state index in [9.17, 15) is 4.79 Å². The highest BCUT2D eigenvalue weighted by Gasteiger charge is 2.36. The van der Waals surface area contributed by atoms with Crippen molar-refractivity contribution in [1.29, 1.82) is 0 Å². The van der Waals surface area contributed by atoms with Crippen LogP contribution in [0.25, 0.3) is 0 Å².